The van der Waals surface area contributed by atoms with Gasteiger partial charge < -0.3 is 15.0 Å². The van der Waals surface area contributed by atoms with Crippen molar-refractivity contribution in [1.29, 1.82) is 0 Å². The summed E-state index contributed by atoms with van der Waals surface area (Å²) in [4.78, 5) is 16.2. The highest BCUT2D eigenvalue weighted by atomic mass is 35.5. The molecule has 1 saturated heterocycles. The lowest BCUT2D eigenvalue weighted by atomic mass is 10.1. The zero-order valence-corrected chi connectivity index (χ0v) is 17.6. The lowest BCUT2D eigenvalue weighted by Gasteiger charge is -2.18. The standard InChI is InChI=1S/C22H27ClFN3O2/c1-26(2)18-8-6-16(7-9-18)11-13-29-22(28)25-17-10-12-27(14-17)15-19-20(23)4-3-5-21(19)24/h3-9,17H,10-15H2,1-2H3,(H,25,28). The van der Waals surface area contributed by atoms with E-state index >= 15 is 0 Å². The zero-order chi connectivity index (χ0) is 20.8. The second-order valence-corrected chi connectivity index (χ2v) is 7.92. The van der Waals surface area contributed by atoms with Crippen LogP contribution in [0.5, 0.6) is 0 Å². The van der Waals surface area contributed by atoms with E-state index in [1.54, 1.807) is 12.1 Å². The summed E-state index contributed by atoms with van der Waals surface area (Å²) in [6.07, 6.45) is 1.06. The number of hydrogen-bond acceptors (Lipinski definition) is 4. The number of benzene rings is 2. The van der Waals surface area contributed by atoms with E-state index < -0.39 is 6.09 Å². The summed E-state index contributed by atoms with van der Waals surface area (Å²) < 4.78 is 19.3. The van der Waals surface area contributed by atoms with Crippen LogP contribution in [0, 0.1) is 5.82 Å². The molecule has 5 nitrogen and oxygen atoms in total. The Morgan fingerprint density at radius 2 is 2.03 bits per heavy atom. The van der Waals surface area contributed by atoms with Gasteiger partial charge in [0.05, 0.1) is 6.61 Å². The second-order valence-electron chi connectivity index (χ2n) is 7.51. The fourth-order valence-electron chi connectivity index (χ4n) is 3.43. The highest BCUT2D eigenvalue weighted by Gasteiger charge is 2.25. The van der Waals surface area contributed by atoms with Crippen LogP contribution in [0.1, 0.15) is 17.5 Å². The molecule has 1 aliphatic rings. The molecule has 156 valence electrons. The molecule has 0 saturated carbocycles. The topological polar surface area (TPSA) is 44.8 Å². The smallest absolute Gasteiger partial charge is 0.407 e. The van der Waals surface area contributed by atoms with Crippen LogP contribution in [-0.2, 0) is 17.7 Å². The van der Waals surface area contributed by atoms with E-state index in [9.17, 15) is 9.18 Å². The number of halogens is 2. The Morgan fingerprint density at radius 3 is 2.72 bits per heavy atom. The molecule has 0 bridgehead atoms. The van der Waals surface area contributed by atoms with Crippen molar-refractivity contribution in [2.24, 2.45) is 0 Å². The number of carbonyl (C=O) groups is 1. The van der Waals surface area contributed by atoms with Crippen molar-refractivity contribution in [1.82, 2.24) is 10.2 Å². The van der Waals surface area contributed by atoms with Gasteiger partial charge in [-0.3, -0.25) is 4.90 Å². The predicted octanol–water partition coefficient (Wildman–Crippen LogP) is 4.09. The Bertz CT molecular complexity index is 809. The number of likely N-dealkylation sites (tertiary alicyclic amines) is 1. The molecule has 7 heteroatoms. The quantitative estimate of drug-likeness (QED) is 0.734. The summed E-state index contributed by atoms with van der Waals surface area (Å²) in [6.45, 7) is 2.18. The number of carbonyl (C=O) groups excluding carboxylic acids is 1. The number of anilines is 1. The van der Waals surface area contributed by atoms with Gasteiger partial charge in [0.25, 0.3) is 0 Å². The lowest BCUT2D eigenvalue weighted by molar-refractivity contribution is 0.143. The van der Waals surface area contributed by atoms with Crippen molar-refractivity contribution in [3.8, 4) is 0 Å². The maximum atomic E-state index is 13.9. The van der Waals surface area contributed by atoms with Crippen LogP contribution < -0.4 is 10.2 Å². The van der Waals surface area contributed by atoms with Crippen molar-refractivity contribution in [2.45, 2.75) is 25.4 Å². The molecule has 1 fully saturated rings. The van der Waals surface area contributed by atoms with Crippen LogP contribution >= 0.6 is 11.6 Å². The van der Waals surface area contributed by atoms with Gasteiger partial charge in [-0.05, 0) is 36.2 Å². The van der Waals surface area contributed by atoms with E-state index in [1.165, 1.54) is 6.07 Å². The highest BCUT2D eigenvalue weighted by Crippen LogP contribution is 2.23. The minimum absolute atomic E-state index is 0.00701. The maximum Gasteiger partial charge on any atom is 0.407 e. The molecule has 0 aliphatic carbocycles. The first-order chi connectivity index (χ1) is 13.9. The third-order valence-corrected chi connectivity index (χ3v) is 5.47. The molecule has 1 heterocycles. The van der Waals surface area contributed by atoms with Gasteiger partial charge >= 0.3 is 6.09 Å². The number of amides is 1. The van der Waals surface area contributed by atoms with E-state index in [0.29, 0.717) is 36.7 Å². The summed E-state index contributed by atoms with van der Waals surface area (Å²) in [6, 6.07) is 12.9. The molecule has 29 heavy (non-hydrogen) atoms. The number of hydrogen-bond donors (Lipinski definition) is 1. The molecule has 1 unspecified atom stereocenters. The Labute approximate surface area is 176 Å². The van der Waals surface area contributed by atoms with Crippen molar-refractivity contribution < 1.29 is 13.9 Å². The van der Waals surface area contributed by atoms with E-state index in [-0.39, 0.29) is 11.9 Å². The molecule has 1 N–H and O–H groups in total. The van der Waals surface area contributed by atoms with Gasteiger partial charge in [-0.15, -0.1) is 0 Å². The Kier molecular flexibility index (Phi) is 7.34. The summed E-state index contributed by atoms with van der Waals surface area (Å²) in [5.41, 5.74) is 2.75. The van der Waals surface area contributed by atoms with Crippen LogP contribution in [0.3, 0.4) is 0 Å². The van der Waals surface area contributed by atoms with Crippen molar-refractivity contribution in [3.63, 3.8) is 0 Å². The molecule has 1 atom stereocenters. The van der Waals surface area contributed by atoms with Crippen LogP contribution in [0.15, 0.2) is 42.5 Å². The summed E-state index contributed by atoms with van der Waals surface area (Å²) >= 11 is 6.10. The van der Waals surface area contributed by atoms with Crippen LogP contribution in [-0.4, -0.2) is 50.8 Å². The van der Waals surface area contributed by atoms with Gasteiger partial charge in [0.2, 0.25) is 0 Å². The van der Waals surface area contributed by atoms with Crippen molar-refractivity contribution in [3.05, 3.63) is 64.4 Å². The monoisotopic (exact) mass is 419 g/mol. The van der Waals surface area contributed by atoms with Gasteiger partial charge in [0.15, 0.2) is 0 Å². The number of ether oxygens (including phenoxy) is 1. The average Bonchev–Trinajstić information content (AvgIpc) is 3.12. The van der Waals surface area contributed by atoms with Crippen LogP contribution in [0.25, 0.3) is 0 Å². The SMILES string of the molecule is CN(C)c1ccc(CCOC(=O)NC2CCN(Cc3c(F)cccc3Cl)C2)cc1. The zero-order valence-electron chi connectivity index (χ0n) is 16.8. The number of alkyl carbamates (subject to hydrolysis) is 1. The van der Waals surface area contributed by atoms with E-state index in [4.69, 9.17) is 16.3 Å². The molecule has 0 radical (unpaired) electrons. The normalized spacial score (nSPS) is 16.6. The first-order valence-electron chi connectivity index (χ1n) is 9.77. The summed E-state index contributed by atoms with van der Waals surface area (Å²) in [7, 11) is 4.00. The Hall–Kier alpha value is -2.31. The van der Waals surface area contributed by atoms with Gasteiger partial charge in [0.1, 0.15) is 5.82 Å². The van der Waals surface area contributed by atoms with Crippen molar-refractivity contribution >= 4 is 23.4 Å². The molecule has 1 amide bonds. The molecular formula is C22H27ClFN3O2. The molecule has 3 rings (SSSR count). The number of nitrogens with zero attached hydrogens (tertiary/aromatic N) is 2. The fourth-order valence-corrected chi connectivity index (χ4v) is 3.65. The van der Waals surface area contributed by atoms with Crippen LogP contribution in [0.4, 0.5) is 14.9 Å². The van der Waals surface area contributed by atoms with E-state index in [2.05, 4.69) is 10.2 Å². The van der Waals surface area contributed by atoms with Gasteiger partial charge in [-0.2, -0.15) is 0 Å². The summed E-state index contributed by atoms with van der Waals surface area (Å²) in [5.74, 6) is -0.299. The Morgan fingerprint density at radius 1 is 1.28 bits per heavy atom. The first kappa shape index (κ1) is 21.4. The van der Waals surface area contributed by atoms with Crippen LogP contribution in [0.2, 0.25) is 5.02 Å². The molecular weight excluding hydrogens is 393 g/mol. The highest BCUT2D eigenvalue weighted by molar-refractivity contribution is 6.31. The molecule has 0 spiro atoms. The van der Waals surface area contributed by atoms with E-state index in [0.717, 1.165) is 24.2 Å². The largest absolute Gasteiger partial charge is 0.449 e. The third kappa shape index (κ3) is 6.08. The third-order valence-electron chi connectivity index (χ3n) is 5.11. The molecule has 0 aromatic heterocycles. The van der Waals surface area contributed by atoms with E-state index in [1.807, 2.05) is 43.3 Å². The molecule has 2 aromatic rings. The Balaban J connectivity index is 1.39. The van der Waals surface area contributed by atoms with Gasteiger partial charge in [-0.1, -0.05) is 29.8 Å². The minimum atomic E-state index is -0.411. The predicted molar refractivity (Wildman–Crippen MR) is 114 cm³/mol. The summed E-state index contributed by atoms with van der Waals surface area (Å²) in [5, 5.41) is 3.33. The van der Waals surface area contributed by atoms with Crippen molar-refractivity contribution in [2.75, 3.05) is 38.7 Å². The van der Waals surface area contributed by atoms with Gasteiger partial charge in [0, 0.05) is 62.5 Å². The number of nitrogens with one attached hydrogen (secondary N) is 1. The molecule has 2 aromatic carbocycles. The average molecular weight is 420 g/mol. The first-order valence-corrected chi connectivity index (χ1v) is 10.1. The lowest BCUT2D eigenvalue weighted by Crippen LogP contribution is -2.37. The van der Waals surface area contributed by atoms with Gasteiger partial charge in [-0.25, -0.2) is 9.18 Å². The fraction of sp³-hybridized carbons (Fsp3) is 0.409. The molecule has 1 aliphatic heterocycles. The maximum absolute atomic E-state index is 13.9. The number of rotatable bonds is 7. The minimum Gasteiger partial charge on any atom is -0.449 e. The second kappa shape index (κ2) is 9.94.